The van der Waals surface area contributed by atoms with Crippen LogP contribution in [-0.2, 0) is 17.5 Å². The van der Waals surface area contributed by atoms with E-state index in [1.54, 1.807) is 30.3 Å². The maximum absolute atomic E-state index is 13.6. The largest absolute Gasteiger partial charge is 0.491 e. The van der Waals surface area contributed by atoms with Gasteiger partial charge in [-0.15, -0.1) is 24.0 Å². The molecule has 1 heterocycles. The second-order valence-corrected chi connectivity index (χ2v) is 7.46. The average Bonchev–Trinajstić information content (AvgIpc) is 2.73. The van der Waals surface area contributed by atoms with Crippen molar-refractivity contribution >= 4 is 41.3 Å². The van der Waals surface area contributed by atoms with Crippen LogP contribution in [0.5, 0.6) is 5.75 Å². The molecule has 0 atom stereocenters. The van der Waals surface area contributed by atoms with Gasteiger partial charge < -0.3 is 25.4 Å². The molecule has 176 valence electrons. The third kappa shape index (κ3) is 7.44. The molecule has 2 aromatic rings. The van der Waals surface area contributed by atoms with Gasteiger partial charge in [-0.2, -0.15) is 13.2 Å². The molecule has 0 bridgehead atoms. The first-order chi connectivity index (χ1) is 14.7. The molecule has 2 aromatic carbocycles. The van der Waals surface area contributed by atoms with Crippen LogP contribution in [0.3, 0.4) is 0 Å². The lowest BCUT2D eigenvalue weighted by Crippen LogP contribution is -2.36. The van der Waals surface area contributed by atoms with E-state index in [1.807, 2.05) is 18.7 Å². The Hall–Kier alpha value is -2.21. The summed E-state index contributed by atoms with van der Waals surface area (Å²) in [6.07, 6.45) is -4.43. The molecule has 3 rings (SSSR count). The van der Waals surface area contributed by atoms with Gasteiger partial charge in [0.05, 0.1) is 31.4 Å². The van der Waals surface area contributed by atoms with Gasteiger partial charge in [0.1, 0.15) is 5.75 Å². The fourth-order valence-electron chi connectivity index (χ4n) is 3.23. The van der Waals surface area contributed by atoms with Gasteiger partial charge in [-0.1, -0.05) is 6.07 Å². The van der Waals surface area contributed by atoms with E-state index in [0.717, 1.165) is 0 Å². The van der Waals surface area contributed by atoms with Gasteiger partial charge in [0.2, 0.25) is 0 Å². The summed E-state index contributed by atoms with van der Waals surface area (Å²) in [6, 6.07) is 11.4. The van der Waals surface area contributed by atoms with Crippen molar-refractivity contribution in [1.29, 1.82) is 0 Å². The smallest absolute Gasteiger partial charge is 0.416 e. The number of rotatable bonds is 6. The standard InChI is InChI=1S/C22H27F3N4O2.HI/c1-15(2)31-19-7-4-17(5-8-19)28-21(26)27-14-16-3-6-18(13-20(16)22(23,24)25)29-9-11-30-12-10-29;/h3-8,13,15H,9-12,14H2,1-2H3,(H3,26,27,28);1H. The van der Waals surface area contributed by atoms with Crippen molar-refractivity contribution in [1.82, 2.24) is 0 Å². The number of anilines is 2. The fraction of sp³-hybridized carbons (Fsp3) is 0.409. The minimum absolute atomic E-state index is 0. The molecular weight excluding hydrogens is 536 g/mol. The molecule has 10 heteroatoms. The Morgan fingerprint density at radius 1 is 1.16 bits per heavy atom. The van der Waals surface area contributed by atoms with Crippen molar-refractivity contribution in [2.75, 3.05) is 36.5 Å². The second-order valence-electron chi connectivity index (χ2n) is 7.46. The summed E-state index contributed by atoms with van der Waals surface area (Å²) in [5, 5.41) is 2.88. The number of halogens is 4. The highest BCUT2D eigenvalue weighted by atomic mass is 127. The molecule has 32 heavy (non-hydrogen) atoms. The summed E-state index contributed by atoms with van der Waals surface area (Å²) < 4.78 is 51.8. The number of guanidine groups is 1. The monoisotopic (exact) mass is 564 g/mol. The van der Waals surface area contributed by atoms with Crippen molar-refractivity contribution in [3.8, 4) is 5.75 Å². The lowest BCUT2D eigenvalue weighted by Gasteiger charge is -2.29. The molecule has 1 aliphatic rings. The first-order valence-corrected chi connectivity index (χ1v) is 10.1. The average molecular weight is 564 g/mol. The number of alkyl halides is 3. The van der Waals surface area contributed by atoms with Gasteiger partial charge in [-0.25, -0.2) is 4.99 Å². The van der Waals surface area contributed by atoms with E-state index in [2.05, 4.69) is 10.3 Å². The number of nitrogens with one attached hydrogen (secondary N) is 1. The first kappa shape index (κ1) is 26.0. The highest BCUT2D eigenvalue weighted by Crippen LogP contribution is 2.35. The molecule has 0 radical (unpaired) electrons. The zero-order chi connectivity index (χ0) is 22.4. The third-order valence-corrected chi connectivity index (χ3v) is 4.69. The Balaban J connectivity index is 0.00000363. The third-order valence-electron chi connectivity index (χ3n) is 4.69. The van der Waals surface area contributed by atoms with Crippen LogP contribution in [-0.4, -0.2) is 38.4 Å². The van der Waals surface area contributed by atoms with Crippen molar-refractivity contribution in [3.05, 3.63) is 53.6 Å². The molecule has 1 aliphatic heterocycles. The highest BCUT2D eigenvalue weighted by molar-refractivity contribution is 14.0. The van der Waals surface area contributed by atoms with Crippen molar-refractivity contribution < 1.29 is 22.6 Å². The van der Waals surface area contributed by atoms with Crippen LogP contribution in [0.15, 0.2) is 47.5 Å². The van der Waals surface area contributed by atoms with Crippen LogP contribution in [0.1, 0.15) is 25.0 Å². The first-order valence-electron chi connectivity index (χ1n) is 10.1. The summed E-state index contributed by atoms with van der Waals surface area (Å²) in [7, 11) is 0. The Morgan fingerprint density at radius 3 is 2.41 bits per heavy atom. The maximum Gasteiger partial charge on any atom is 0.416 e. The van der Waals surface area contributed by atoms with E-state index in [0.29, 0.717) is 43.4 Å². The number of ether oxygens (including phenoxy) is 2. The van der Waals surface area contributed by atoms with Crippen LogP contribution >= 0.6 is 24.0 Å². The number of hydrogen-bond acceptors (Lipinski definition) is 4. The number of benzene rings is 2. The second kappa shape index (κ2) is 11.6. The van der Waals surface area contributed by atoms with E-state index >= 15 is 0 Å². The van der Waals surface area contributed by atoms with Crippen LogP contribution in [0.4, 0.5) is 24.5 Å². The summed E-state index contributed by atoms with van der Waals surface area (Å²) in [6.45, 7) is 5.80. The molecule has 6 nitrogen and oxygen atoms in total. The Kier molecular flexibility index (Phi) is 9.44. The van der Waals surface area contributed by atoms with Crippen LogP contribution in [0, 0.1) is 0 Å². The van der Waals surface area contributed by atoms with E-state index in [-0.39, 0.29) is 48.1 Å². The molecule has 0 unspecified atom stereocenters. The summed E-state index contributed by atoms with van der Waals surface area (Å²) >= 11 is 0. The molecule has 1 fully saturated rings. The highest BCUT2D eigenvalue weighted by Gasteiger charge is 2.34. The molecule has 0 aliphatic carbocycles. The van der Waals surface area contributed by atoms with Crippen molar-refractivity contribution in [3.63, 3.8) is 0 Å². The Morgan fingerprint density at radius 2 is 1.81 bits per heavy atom. The van der Waals surface area contributed by atoms with E-state index in [1.165, 1.54) is 12.1 Å². The van der Waals surface area contributed by atoms with Gasteiger partial charge in [0.15, 0.2) is 5.96 Å². The zero-order valence-corrected chi connectivity index (χ0v) is 20.3. The minimum atomic E-state index is -4.48. The number of nitrogens with two attached hydrogens (primary N) is 1. The van der Waals surface area contributed by atoms with Crippen molar-refractivity contribution in [2.24, 2.45) is 10.7 Å². The predicted molar refractivity (Wildman–Crippen MR) is 131 cm³/mol. The minimum Gasteiger partial charge on any atom is -0.491 e. The molecule has 0 spiro atoms. The topological polar surface area (TPSA) is 72.1 Å². The van der Waals surface area contributed by atoms with Crippen molar-refractivity contribution in [2.45, 2.75) is 32.7 Å². The SMILES string of the molecule is CC(C)Oc1ccc(NC(N)=NCc2ccc(N3CCOCC3)cc2C(F)(F)F)cc1.I. The van der Waals surface area contributed by atoms with Gasteiger partial charge in [-0.3, -0.25) is 0 Å². The van der Waals surface area contributed by atoms with Gasteiger partial charge in [0, 0.05) is 24.5 Å². The van der Waals surface area contributed by atoms with Gasteiger partial charge in [-0.05, 0) is 55.8 Å². The van der Waals surface area contributed by atoms with Gasteiger partial charge in [0.25, 0.3) is 0 Å². The molecule has 0 saturated carbocycles. The summed E-state index contributed by atoms with van der Waals surface area (Å²) in [5.74, 6) is 0.745. The number of morpholine rings is 1. The number of hydrogen-bond donors (Lipinski definition) is 2. The zero-order valence-electron chi connectivity index (χ0n) is 18.0. The number of nitrogens with zero attached hydrogens (tertiary/aromatic N) is 2. The van der Waals surface area contributed by atoms with E-state index in [4.69, 9.17) is 15.2 Å². The lowest BCUT2D eigenvalue weighted by molar-refractivity contribution is -0.138. The molecule has 1 saturated heterocycles. The Labute approximate surface area is 203 Å². The lowest BCUT2D eigenvalue weighted by atomic mass is 10.1. The van der Waals surface area contributed by atoms with E-state index in [9.17, 15) is 13.2 Å². The molecule has 0 aromatic heterocycles. The quantitative estimate of drug-likeness (QED) is 0.298. The summed E-state index contributed by atoms with van der Waals surface area (Å²) in [4.78, 5) is 5.98. The molecular formula is C22H28F3IN4O2. The van der Waals surface area contributed by atoms with Crippen LogP contribution in [0.25, 0.3) is 0 Å². The van der Waals surface area contributed by atoms with E-state index < -0.39 is 11.7 Å². The molecule has 3 N–H and O–H groups in total. The predicted octanol–water partition coefficient (Wildman–Crippen LogP) is 4.87. The Bertz CT molecular complexity index is 899. The number of aliphatic imine (C=N–C) groups is 1. The van der Waals surface area contributed by atoms with Crippen LogP contribution < -0.4 is 20.7 Å². The molecule has 0 amide bonds. The summed E-state index contributed by atoms with van der Waals surface area (Å²) in [5.41, 5.74) is 6.43. The maximum atomic E-state index is 13.6. The van der Waals surface area contributed by atoms with Crippen LogP contribution in [0.2, 0.25) is 0 Å². The van der Waals surface area contributed by atoms with Gasteiger partial charge >= 0.3 is 6.18 Å². The normalized spacial score (nSPS) is 14.8. The fourth-order valence-corrected chi connectivity index (χ4v) is 3.23.